The number of hydrogen-bond acceptors (Lipinski definition) is 2. The molecule has 0 saturated carbocycles. The fourth-order valence-corrected chi connectivity index (χ4v) is 2.76. The van der Waals surface area contributed by atoms with E-state index in [9.17, 15) is 10.1 Å². The van der Waals surface area contributed by atoms with E-state index in [1.165, 1.54) is 5.39 Å². The van der Waals surface area contributed by atoms with Crippen molar-refractivity contribution >= 4 is 27.2 Å². The second-order valence-electron chi connectivity index (χ2n) is 5.39. The Bertz CT molecular complexity index is 824. The Hall–Kier alpha value is -2.42. The number of nitro benzene ring substituents is 1. The molecule has 3 rings (SSSR count). The molecule has 0 aliphatic carbocycles. The fraction of sp³-hybridized carbons (Fsp3) is 0.222. The number of nitro groups is 1. The molecule has 0 fully saturated rings. The minimum absolute atomic E-state index is 0.242. The van der Waals surface area contributed by atoms with Crippen LogP contribution in [0.1, 0.15) is 25.3 Å². The summed E-state index contributed by atoms with van der Waals surface area (Å²) in [6, 6.07) is 15.9. The number of nitrogens with zero attached hydrogens (tertiary/aromatic N) is 1. The van der Waals surface area contributed by atoms with Gasteiger partial charge in [0.05, 0.1) is 4.92 Å². The number of benzene rings is 3. The smallest absolute Gasteiger partial charge is 0.258 e. The van der Waals surface area contributed by atoms with Gasteiger partial charge >= 0.3 is 0 Å². The first-order valence-electron chi connectivity index (χ1n) is 7.29. The molecule has 0 atom stereocenters. The molecule has 0 unspecified atom stereocenters. The standard InChI is InChI=1S/C18H17NO2/c1-2-3-6-15-11-16-9-13-7-4-5-8-14(13)10-17(16)12-18(15)19(20)21/h4-5,7-12H,2-3,6H2,1H3. The van der Waals surface area contributed by atoms with Gasteiger partial charge in [-0.1, -0.05) is 37.6 Å². The molecule has 0 aliphatic heterocycles. The number of hydrogen-bond donors (Lipinski definition) is 0. The second kappa shape index (κ2) is 5.52. The van der Waals surface area contributed by atoms with Crippen molar-refractivity contribution in [2.24, 2.45) is 0 Å². The van der Waals surface area contributed by atoms with Gasteiger partial charge in [0, 0.05) is 11.6 Å². The van der Waals surface area contributed by atoms with Crippen LogP contribution in [0.5, 0.6) is 0 Å². The van der Waals surface area contributed by atoms with E-state index >= 15 is 0 Å². The lowest BCUT2D eigenvalue weighted by molar-refractivity contribution is -0.385. The van der Waals surface area contributed by atoms with E-state index < -0.39 is 0 Å². The molecule has 0 heterocycles. The third-order valence-corrected chi connectivity index (χ3v) is 3.90. The van der Waals surface area contributed by atoms with Crippen molar-refractivity contribution < 1.29 is 4.92 Å². The lowest BCUT2D eigenvalue weighted by atomic mass is 9.98. The maximum absolute atomic E-state index is 11.3. The highest BCUT2D eigenvalue weighted by Gasteiger charge is 2.15. The van der Waals surface area contributed by atoms with Gasteiger partial charge in [-0.2, -0.15) is 0 Å². The summed E-state index contributed by atoms with van der Waals surface area (Å²) in [5, 5.41) is 15.6. The Kier molecular flexibility index (Phi) is 3.57. The van der Waals surface area contributed by atoms with E-state index in [0.29, 0.717) is 0 Å². The van der Waals surface area contributed by atoms with E-state index in [2.05, 4.69) is 19.1 Å². The molecule has 0 radical (unpaired) electrons. The van der Waals surface area contributed by atoms with E-state index in [1.807, 2.05) is 30.3 Å². The first kappa shape index (κ1) is 13.6. The van der Waals surface area contributed by atoms with Crippen molar-refractivity contribution in [2.75, 3.05) is 0 Å². The number of aryl methyl sites for hydroxylation is 1. The number of fused-ring (bicyclic) bond motifs is 2. The number of unbranched alkanes of at least 4 members (excludes halogenated alkanes) is 1. The third-order valence-electron chi connectivity index (χ3n) is 3.90. The minimum atomic E-state index is -0.264. The van der Waals surface area contributed by atoms with Crippen LogP contribution in [-0.2, 0) is 6.42 Å². The van der Waals surface area contributed by atoms with Gasteiger partial charge in [-0.3, -0.25) is 10.1 Å². The average molecular weight is 279 g/mol. The lowest BCUT2D eigenvalue weighted by Crippen LogP contribution is -1.96. The summed E-state index contributed by atoms with van der Waals surface area (Å²) in [6.45, 7) is 2.10. The second-order valence-corrected chi connectivity index (χ2v) is 5.39. The molecule has 3 heteroatoms. The van der Waals surface area contributed by atoms with Crippen LogP contribution < -0.4 is 0 Å². The van der Waals surface area contributed by atoms with Crippen molar-refractivity contribution in [3.8, 4) is 0 Å². The first-order chi connectivity index (χ1) is 10.2. The van der Waals surface area contributed by atoms with E-state index in [1.54, 1.807) is 6.07 Å². The van der Waals surface area contributed by atoms with Crippen LogP contribution >= 0.6 is 0 Å². The van der Waals surface area contributed by atoms with Gasteiger partial charge in [-0.15, -0.1) is 0 Å². The van der Waals surface area contributed by atoms with Crippen molar-refractivity contribution in [2.45, 2.75) is 26.2 Å². The Morgan fingerprint density at radius 3 is 2.14 bits per heavy atom. The fourth-order valence-electron chi connectivity index (χ4n) is 2.76. The zero-order valence-electron chi connectivity index (χ0n) is 12.0. The van der Waals surface area contributed by atoms with Gasteiger partial charge in [0.1, 0.15) is 0 Å². The van der Waals surface area contributed by atoms with Gasteiger partial charge in [0.2, 0.25) is 0 Å². The molecule has 0 amide bonds. The van der Waals surface area contributed by atoms with Gasteiger partial charge < -0.3 is 0 Å². The van der Waals surface area contributed by atoms with Crippen LogP contribution in [0.2, 0.25) is 0 Å². The monoisotopic (exact) mass is 279 g/mol. The summed E-state index contributed by atoms with van der Waals surface area (Å²) < 4.78 is 0. The zero-order chi connectivity index (χ0) is 14.8. The molecule has 0 spiro atoms. The van der Waals surface area contributed by atoms with Crippen molar-refractivity contribution in [3.63, 3.8) is 0 Å². The highest BCUT2D eigenvalue weighted by Crippen LogP contribution is 2.30. The quantitative estimate of drug-likeness (QED) is 0.372. The average Bonchev–Trinajstić information content (AvgIpc) is 2.49. The normalized spacial score (nSPS) is 11.1. The van der Waals surface area contributed by atoms with Gasteiger partial charge in [0.15, 0.2) is 0 Å². The topological polar surface area (TPSA) is 43.1 Å². The summed E-state index contributed by atoms with van der Waals surface area (Å²) >= 11 is 0. The van der Waals surface area contributed by atoms with Gasteiger partial charge in [-0.25, -0.2) is 0 Å². The van der Waals surface area contributed by atoms with E-state index in [4.69, 9.17) is 0 Å². The summed E-state index contributed by atoms with van der Waals surface area (Å²) in [5.74, 6) is 0. The SMILES string of the molecule is CCCCc1cc2cc3ccccc3cc2cc1[N+](=O)[O-]. The Balaban J connectivity index is 2.23. The van der Waals surface area contributed by atoms with E-state index in [-0.39, 0.29) is 10.6 Å². The summed E-state index contributed by atoms with van der Waals surface area (Å²) in [6.07, 6.45) is 2.77. The molecule has 0 saturated heterocycles. The van der Waals surface area contributed by atoms with Crippen LogP contribution in [0.3, 0.4) is 0 Å². The molecule has 3 aromatic rings. The van der Waals surface area contributed by atoms with Crippen molar-refractivity contribution in [1.82, 2.24) is 0 Å². The maximum Gasteiger partial charge on any atom is 0.273 e. The molecule has 3 aromatic carbocycles. The molecular weight excluding hydrogens is 262 g/mol. The summed E-state index contributed by atoms with van der Waals surface area (Å²) in [7, 11) is 0. The summed E-state index contributed by atoms with van der Waals surface area (Å²) in [4.78, 5) is 11.0. The number of rotatable bonds is 4. The largest absolute Gasteiger partial charge is 0.273 e. The van der Waals surface area contributed by atoms with Crippen molar-refractivity contribution in [1.29, 1.82) is 0 Å². The Morgan fingerprint density at radius 2 is 1.57 bits per heavy atom. The maximum atomic E-state index is 11.3. The Labute approximate surface area is 123 Å². The third kappa shape index (κ3) is 2.59. The highest BCUT2D eigenvalue weighted by atomic mass is 16.6. The van der Waals surface area contributed by atoms with Crippen molar-refractivity contribution in [3.05, 3.63) is 64.2 Å². The molecular formula is C18H17NO2. The van der Waals surface area contributed by atoms with Gasteiger partial charge in [0.25, 0.3) is 5.69 Å². The molecule has 106 valence electrons. The Morgan fingerprint density at radius 1 is 0.952 bits per heavy atom. The predicted molar refractivity (Wildman–Crippen MR) is 86.7 cm³/mol. The van der Waals surface area contributed by atoms with Crippen LogP contribution in [0, 0.1) is 10.1 Å². The molecule has 0 bridgehead atoms. The van der Waals surface area contributed by atoms with Gasteiger partial charge in [-0.05, 0) is 52.6 Å². The molecule has 21 heavy (non-hydrogen) atoms. The predicted octanol–water partition coefficient (Wildman–Crippen LogP) is 5.24. The molecule has 3 nitrogen and oxygen atoms in total. The van der Waals surface area contributed by atoms with Crippen LogP contribution in [0.15, 0.2) is 48.5 Å². The molecule has 0 aromatic heterocycles. The minimum Gasteiger partial charge on any atom is -0.258 e. The molecule has 0 aliphatic rings. The zero-order valence-corrected chi connectivity index (χ0v) is 12.0. The molecule has 0 N–H and O–H groups in total. The van der Waals surface area contributed by atoms with Crippen LogP contribution in [0.4, 0.5) is 5.69 Å². The summed E-state index contributed by atoms with van der Waals surface area (Å²) in [5.41, 5.74) is 1.08. The highest BCUT2D eigenvalue weighted by molar-refractivity contribution is 5.99. The van der Waals surface area contributed by atoms with E-state index in [0.717, 1.165) is 41.0 Å². The lowest BCUT2D eigenvalue weighted by Gasteiger charge is -2.07. The first-order valence-corrected chi connectivity index (χ1v) is 7.29. The van der Waals surface area contributed by atoms with Crippen LogP contribution in [0.25, 0.3) is 21.5 Å². The van der Waals surface area contributed by atoms with Crippen LogP contribution in [-0.4, -0.2) is 4.92 Å².